The van der Waals surface area contributed by atoms with Crippen molar-refractivity contribution in [3.8, 4) is 5.75 Å². The molecule has 33 heavy (non-hydrogen) atoms. The molecule has 6 nitrogen and oxygen atoms in total. The lowest BCUT2D eigenvalue weighted by molar-refractivity contribution is -0.201. The number of alkyl halides is 2. The van der Waals surface area contributed by atoms with Crippen LogP contribution in [0, 0.1) is 13.8 Å². The van der Waals surface area contributed by atoms with Crippen LogP contribution in [0.3, 0.4) is 0 Å². The first kappa shape index (κ1) is 23.9. The first-order chi connectivity index (χ1) is 15.7. The van der Waals surface area contributed by atoms with Gasteiger partial charge in [0.2, 0.25) is 0 Å². The summed E-state index contributed by atoms with van der Waals surface area (Å²) >= 11 is 5.84. The number of carbonyl (C=O) groups excluding carboxylic acids is 1. The van der Waals surface area contributed by atoms with Gasteiger partial charge in [0.25, 0.3) is 5.91 Å². The molecule has 1 N–H and O–H groups in total. The Morgan fingerprint density at radius 1 is 1.21 bits per heavy atom. The van der Waals surface area contributed by atoms with Crippen LogP contribution < -0.4 is 4.74 Å². The van der Waals surface area contributed by atoms with Crippen LogP contribution >= 0.6 is 11.6 Å². The van der Waals surface area contributed by atoms with Crippen molar-refractivity contribution in [1.82, 2.24) is 14.8 Å². The molecule has 0 saturated carbocycles. The lowest BCUT2D eigenvalue weighted by Gasteiger charge is -2.48. The number of carbonyl (C=O) groups is 1. The number of amides is 1. The van der Waals surface area contributed by atoms with Crippen LogP contribution in [0.5, 0.6) is 5.75 Å². The third-order valence-corrected chi connectivity index (χ3v) is 7.01. The third kappa shape index (κ3) is 4.98. The van der Waals surface area contributed by atoms with Gasteiger partial charge < -0.3 is 14.7 Å². The highest BCUT2D eigenvalue weighted by Gasteiger charge is 2.38. The quantitative estimate of drug-likeness (QED) is 0.645. The molecular weight excluding hydrogens is 452 g/mol. The summed E-state index contributed by atoms with van der Waals surface area (Å²) in [6.45, 7) is 4.30. The van der Waals surface area contributed by atoms with Gasteiger partial charge in [0.05, 0.1) is 5.56 Å². The second-order valence-corrected chi connectivity index (χ2v) is 9.15. The Morgan fingerprint density at radius 3 is 2.70 bits per heavy atom. The van der Waals surface area contributed by atoms with Gasteiger partial charge in [-0.2, -0.15) is 8.78 Å². The molecule has 2 unspecified atom stereocenters. The predicted octanol–water partition coefficient (Wildman–Crippen LogP) is 4.37. The van der Waals surface area contributed by atoms with Crippen LogP contribution in [0.2, 0.25) is 5.15 Å². The van der Waals surface area contributed by atoms with E-state index in [2.05, 4.69) is 9.88 Å². The molecular formula is C24H28ClF2N3O3. The fourth-order valence-corrected chi connectivity index (χ4v) is 5.05. The second kappa shape index (κ2) is 9.52. The molecule has 1 aromatic carbocycles. The number of rotatable bonds is 5. The summed E-state index contributed by atoms with van der Waals surface area (Å²) in [6, 6.07) is 7.13. The largest absolute Gasteiger partial charge is 0.431 e. The number of aromatic nitrogens is 1. The summed E-state index contributed by atoms with van der Waals surface area (Å²) in [6.07, 6.45) is 0.892. The Labute approximate surface area is 197 Å². The number of ether oxygens (including phenoxy) is 1. The lowest BCUT2D eigenvalue weighted by Crippen LogP contribution is -2.57. The van der Waals surface area contributed by atoms with Crippen molar-refractivity contribution < 1.29 is 23.4 Å². The maximum Gasteiger partial charge on any atom is 0.421 e. The SMILES string of the molecule is Cc1c(OC(F)(F)CO)ccc(C2CCCC3CN(C(=O)c4ccc(Cl)nc4)CCN32)c1C. The summed E-state index contributed by atoms with van der Waals surface area (Å²) in [5.74, 6) is 0.0360. The topological polar surface area (TPSA) is 65.9 Å². The van der Waals surface area contributed by atoms with E-state index in [0.29, 0.717) is 29.4 Å². The maximum absolute atomic E-state index is 13.5. The molecule has 2 aliphatic rings. The molecule has 0 bridgehead atoms. The number of hydrogen-bond acceptors (Lipinski definition) is 5. The van der Waals surface area contributed by atoms with Crippen LogP contribution in [-0.4, -0.2) is 64.2 Å². The minimum atomic E-state index is -3.61. The molecule has 3 heterocycles. The van der Waals surface area contributed by atoms with E-state index in [9.17, 15) is 13.6 Å². The van der Waals surface area contributed by atoms with Crippen LogP contribution in [0.4, 0.5) is 8.78 Å². The summed E-state index contributed by atoms with van der Waals surface area (Å²) in [4.78, 5) is 21.3. The van der Waals surface area contributed by atoms with Crippen molar-refractivity contribution in [2.24, 2.45) is 0 Å². The molecule has 1 amide bonds. The van der Waals surface area contributed by atoms with Gasteiger partial charge >= 0.3 is 6.11 Å². The van der Waals surface area contributed by atoms with Gasteiger partial charge in [0.1, 0.15) is 17.5 Å². The lowest BCUT2D eigenvalue weighted by atomic mass is 9.86. The number of halogens is 3. The Bertz CT molecular complexity index is 1020. The van der Waals surface area contributed by atoms with E-state index >= 15 is 0 Å². The standard InChI is InChI=1S/C24H28ClF2N3O3/c1-15-16(2)21(33-24(26,27)14-31)8-7-19(15)20-5-3-4-18-13-29(10-11-30(18)20)23(32)17-6-9-22(25)28-12-17/h6-9,12,18,20,31H,3-5,10-11,13-14H2,1-2H3. The van der Waals surface area contributed by atoms with Gasteiger partial charge in [-0.05, 0) is 68.0 Å². The molecule has 178 valence electrons. The van der Waals surface area contributed by atoms with Crippen LogP contribution in [0.15, 0.2) is 30.5 Å². The van der Waals surface area contributed by atoms with Crippen molar-refractivity contribution in [3.05, 3.63) is 57.9 Å². The highest BCUT2D eigenvalue weighted by molar-refractivity contribution is 6.29. The molecule has 4 rings (SSSR count). The summed E-state index contributed by atoms with van der Waals surface area (Å²) in [5, 5.41) is 9.18. The van der Waals surface area contributed by atoms with Crippen LogP contribution in [0.25, 0.3) is 0 Å². The number of fused-ring (bicyclic) bond motifs is 1. The third-order valence-electron chi connectivity index (χ3n) is 6.79. The first-order valence-electron chi connectivity index (χ1n) is 11.1. The van der Waals surface area contributed by atoms with Gasteiger partial charge in [0.15, 0.2) is 0 Å². The smallest absolute Gasteiger partial charge is 0.421 e. The number of nitrogens with zero attached hydrogens (tertiary/aromatic N) is 3. The highest BCUT2D eigenvalue weighted by Crippen LogP contribution is 2.40. The maximum atomic E-state index is 13.5. The van der Waals surface area contributed by atoms with Crippen molar-refractivity contribution in [2.75, 3.05) is 26.2 Å². The van der Waals surface area contributed by atoms with E-state index in [-0.39, 0.29) is 23.7 Å². The summed E-state index contributed by atoms with van der Waals surface area (Å²) < 4.78 is 31.8. The monoisotopic (exact) mass is 479 g/mol. The number of benzene rings is 1. The molecule has 2 fully saturated rings. The van der Waals surface area contributed by atoms with Gasteiger partial charge in [-0.3, -0.25) is 9.69 Å². The van der Waals surface area contributed by atoms with Gasteiger partial charge in [-0.25, -0.2) is 4.98 Å². The predicted molar refractivity (Wildman–Crippen MR) is 121 cm³/mol. The minimum absolute atomic E-state index is 0.0423. The number of aliphatic hydroxyl groups excluding tert-OH is 1. The van der Waals surface area contributed by atoms with Crippen molar-refractivity contribution in [1.29, 1.82) is 0 Å². The molecule has 0 aliphatic carbocycles. The molecule has 2 saturated heterocycles. The minimum Gasteiger partial charge on any atom is -0.431 e. The normalized spacial score (nSPS) is 21.6. The highest BCUT2D eigenvalue weighted by atomic mass is 35.5. The molecule has 9 heteroatoms. The summed E-state index contributed by atoms with van der Waals surface area (Å²) in [5.41, 5.74) is 3.19. The Hall–Kier alpha value is -2.29. The van der Waals surface area contributed by atoms with Gasteiger partial charge in [0, 0.05) is 37.9 Å². The molecule has 2 aliphatic heterocycles. The van der Waals surface area contributed by atoms with Crippen molar-refractivity contribution >= 4 is 17.5 Å². The number of piperidine rings is 1. The number of piperazine rings is 1. The second-order valence-electron chi connectivity index (χ2n) is 8.76. The molecule has 2 aromatic rings. The summed E-state index contributed by atoms with van der Waals surface area (Å²) in [7, 11) is 0. The zero-order valence-electron chi connectivity index (χ0n) is 18.7. The van der Waals surface area contributed by atoms with E-state index in [1.165, 1.54) is 6.20 Å². The number of hydrogen-bond donors (Lipinski definition) is 1. The van der Waals surface area contributed by atoms with E-state index in [4.69, 9.17) is 21.4 Å². The van der Waals surface area contributed by atoms with Crippen LogP contribution in [-0.2, 0) is 0 Å². The van der Waals surface area contributed by atoms with E-state index < -0.39 is 12.7 Å². The van der Waals surface area contributed by atoms with Crippen LogP contribution in [0.1, 0.15) is 52.4 Å². The van der Waals surface area contributed by atoms with E-state index in [0.717, 1.165) is 36.9 Å². The fourth-order valence-electron chi connectivity index (χ4n) is 4.93. The Balaban J connectivity index is 1.51. The van der Waals surface area contributed by atoms with Gasteiger partial charge in [-0.1, -0.05) is 17.7 Å². The fraction of sp³-hybridized carbons (Fsp3) is 0.500. The first-order valence-corrected chi connectivity index (χ1v) is 11.5. The molecule has 0 spiro atoms. The number of aliphatic hydroxyl groups is 1. The van der Waals surface area contributed by atoms with Crippen molar-refractivity contribution in [3.63, 3.8) is 0 Å². The van der Waals surface area contributed by atoms with Gasteiger partial charge in [-0.15, -0.1) is 0 Å². The van der Waals surface area contributed by atoms with E-state index in [1.54, 1.807) is 25.1 Å². The Morgan fingerprint density at radius 2 is 2.00 bits per heavy atom. The average Bonchev–Trinajstić information content (AvgIpc) is 2.81. The van der Waals surface area contributed by atoms with Crippen molar-refractivity contribution in [2.45, 2.75) is 51.3 Å². The average molecular weight is 480 g/mol. The molecule has 2 atom stereocenters. The van der Waals surface area contributed by atoms with E-state index in [1.807, 2.05) is 17.9 Å². The Kier molecular flexibility index (Phi) is 6.88. The number of pyridine rings is 1. The molecule has 0 radical (unpaired) electrons. The zero-order chi connectivity index (χ0) is 23.8. The molecule has 1 aromatic heterocycles. The zero-order valence-corrected chi connectivity index (χ0v) is 19.5.